The lowest BCUT2D eigenvalue weighted by Crippen LogP contribution is -2.60. The van der Waals surface area contributed by atoms with Crippen LogP contribution in [0.15, 0.2) is 108 Å². The van der Waals surface area contributed by atoms with E-state index in [9.17, 15) is 30.3 Å². The SMILES string of the molecule is CC/C(O)=C(\C)NC(=O)/C(C)=C/C=C/C=C/C=C/C=C/C(C)C(OC1OC(CO)C(O)C(O)C1O)/C(C)=C/C(C)CCC/C=C/C(C)C/C=C/CCCN.CC=O. The summed E-state index contributed by atoms with van der Waals surface area (Å²) in [4.78, 5) is 21.1. The fraction of sp³-hybridized carbons (Fsp3) is 0.565. The normalized spacial score (nSPS) is 23.6. The fourth-order valence-corrected chi connectivity index (χ4v) is 5.77. The second-order valence-electron chi connectivity index (χ2n) is 14.5. The van der Waals surface area contributed by atoms with Crippen LogP contribution in [0.4, 0.5) is 0 Å². The van der Waals surface area contributed by atoms with Crippen LogP contribution in [-0.4, -0.2) is 87.7 Å². The zero-order valence-electron chi connectivity index (χ0n) is 35.7. The molecular weight excluding hydrogens is 725 g/mol. The molecule has 1 amide bonds. The van der Waals surface area contributed by atoms with E-state index >= 15 is 0 Å². The van der Waals surface area contributed by atoms with Crippen molar-refractivity contribution in [3.05, 3.63) is 108 Å². The molecule has 11 heteroatoms. The third-order valence-electron chi connectivity index (χ3n) is 9.20. The van der Waals surface area contributed by atoms with E-state index < -0.39 is 43.4 Å². The number of carbonyl (C=O) groups is 2. The van der Waals surface area contributed by atoms with E-state index in [0.717, 1.165) is 56.9 Å². The molecule has 8 N–H and O–H groups in total. The Morgan fingerprint density at radius 2 is 1.47 bits per heavy atom. The lowest BCUT2D eigenvalue weighted by Gasteiger charge is -2.41. The van der Waals surface area contributed by atoms with Gasteiger partial charge in [-0.15, -0.1) is 0 Å². The molecule has 0 aliphatic carbocycles. The van der Waals surface area contributed by atoms with Gasteiger partial charge in [0.05, 0.1) is 18.4 Å². The monoisotopic (exact) mass is 799 g/mol. The van der Waals surface area contributed by atoms with E-state index in [1.807, 2.05) is 57.2 Å². The van der Waals surface area contributed by atoms with Crippen LogP contribution in [0.1, 0.15) is 100 Å². The predicted octanol–water partition coefficient (Wildman–Crippen LogP) is 7.13. The molecule has 0 radical (unpaired) electrons. The lowest BCUT2D eigenvalue weighted by molar-refractivity contribution is -0.310. The average molecular weight is 799 g/mol. The number of hydrogen-bond donors (Lipinski definition) is 7. The van der Waals surface area contributed by atoms with Gasteiger partial charge in [0.15, 0.2) is 6.29 Å². The van der Waals surface area contributed by atoms with Gasteiger partial charge in [-0.2, -0.15) is 0 Å². The summed E-state index contributed by atoms with van der Waals surface area (Å²) in [5.41, 5.74) is 7.45. The van der Waals surface area contributed by atoms with Crippen LogP contribution >= 0.6 is 0 Å². The molecule has 1 fully saturated rings. The second kappa shape index (κ2) is 32.3. The molecule has 1 rings (SSSR count). The number of nitrogens with one attached hydrogen (secondary N) is 1. The zero-order chi connectivity index (χ0) is 43.2. The molecule has 1 aliphatic heterocycles. The average Bonchev–Trinajstić information content (AvgIpc) is 3.18. The van der Waals surface area contributed by atoms with Gasteiger partial charge in [0.2, 0.25) is 0 Å². The highest BCUT2D eigenvalue weighted by molar-refractivity contribution is 5.94. The third kappa shape index (κ3) is 23.4. The van der Waals surface area contributed by atoms with Crippen molar-refractivity contribution in [1.29, 1.82) is 0 Å². The summed E-state index contributed by atoms with van der Waals surface area (Å²) < 4.78 is 12.0. The maximum absolute atomic E-state index is 12.3. The Morgan fingerprint density at radius 1 is 0.860 bits per heavy atom. The molecule has 11 nitrogen and oxygen atoms in total. The molecule has 0 aromatic rings. The largest absolute Gasteiger partial charge is 0.511 e. The molecule has 9 atom stereocenters. The van der Waals surface area contributed by atoms with E-state index in [4.69, 9.17) is 20.0 Å². The maximum atomic E-state index is 12.3. The predicted molar refractivity (Wildman–Crippen MR) is 231 cm³/mol. The van der Waals surface area contributed by atoms with E-state index in [0.29, 0.717) is 23.6 Å². The molecule has 1 aliphatic rings. The number of nitrogens with two attached hydrogens (primary N) is 1. The maximum Gasteiger partial charge on any atom is 0.251 e. The van der Waals surface area contributed by atoms with Crippen LogP contribution in [0.25, 0.3) is 0 Å². The number of ether oxygens (including phenoxy) is 2. The third-order valence-corrected chi connectivity index (χ3v) is 9.20. The minimum atomic E-state index is -1.53. The summed E-state index contributed by atoms with van der Waals surface area (Å²) in [6, 6.07) is 0. The Balaban J connectivity index is 0.0000101. The first-order valence-corrected chi connectivity index (χ1v) is 20.3. The number of allylic oxidation sites excluding steroid dienone is 15. The number of aliphatic hydroxyl groups is 5. The highest BCUT2D eigenvalue weighted by Crippen LogP contribution is 2.28. The van der Waals surface area contributed by atoms with Crippen LogP contribution in [0.5, 0.6) is 0 Å². The van der Waals surface area contributed by atoms with Crippen LogP contribution < -0.4 is 11.1 Å². The summed E-state index contributed by atoms with van der Waals surface area (Å²) in [7, 11) is 0. The molecule has 57 heavy (non-hydrogen) atoms. The summed E-state index contributed by atoms with van der Waals surface area (Å²) in [6.45, 7) is 15.2. The summed E-state index contributed by atoms with van der Waals surface area (Å²) >= 11 is 0. The Morgan fingerprint density at radius 3 is 2.09 bits per heavy atom. The molecule has 0 bridgehead atoms. The molecule has 0 spiro atoms. The van der Waals surface area contributed by atoms with Gasteiger partial charge < -0.3 is 50.9 Å². The fourth-order valence-electron chi connectivity index (χ4n) is 5.77. The standard InChI is InChI=1S/C44H70N2O8.C2H4O/c1-8-37(48)36(7)46-43(52)34(5)27-21-13-11-9-10-12-20-26-33(4)42(54-44-41(51)40(50)39(49)38(30-47)53-44)35(6)29-32(3)25-19-16-18-24-31(2)23-17-14-15-22-28-45;1-2-3/h9-14,17-18,20-21,24,26-27,29,31-33,38-42,44,47-51H,8,15-16,19,22-23,25,28,30,45H2,1-7H3,(H,46,52);2H,1H3/b11-9+,12-10+,17-14+,21-13+,24-18+,26-20+,34-27+,35-29+,37-36-;. The molecule has 1 saturated heterocycles. The minimum absolute atomic E-state index is 0.150. The smallest absolute Gasteiger partial charge is 0.251 e. The first-order chi connectivity index (χ1) is 27.2. The van der Waals surface area contributed by atoms with Crippen LogP contribution in [-0.2, 0) is 19.1 Å². The molecule has 9 unspecified atom stereocenters. The van der Waals surface area contributed by atoms with Crippen molar-refractivity contribution in [3.63, 3.8) is 0 Å². The number of rotatable bonds is 24. The number of aldehydes is 1. The highest BCUT2D eigenvalue weighted by Gasteiger charge is 2.45. The van der Waals surface area contributed by atoms with E-state index in [-0.39, 0.29) is 23.5 Å². The van der Waals surface area contributed by atoms with Gasteiger partial charge in [0.25, 0.3) is 5.91 Å². The van der Waals surface area contributed by atoms with E-state index in [2.05, 4.69) is 49.5 Å². The molecular formula is C46H74N2O9. The first-order valence-electron chi connectivity index (χ1n) is 20.3. The molecule has 0 saturated carbocycles. The topological polar surface area (TPSA) is 192 Å². The van der Waals surface area contributed by atoms with Gasteiger partial charge in [0.1, 0.15) is 36.5 Å². The summed E-state index contributed by atoms with van der Waals surface area (Å²) in [6.07, 6.45) is 27.7. The van der Waals surface area contributed by atoms with Crippen molar-refractivity contribution < 1.29 is 44.6 Å². The van der Waals surface area contributed by atoms with Crippen molar-refractivity contribution >= 4 is 12.2 Å². The zero-order valence-corrected chi connectivity index (χ0v) is 35.7. The summed E-state index contributed by atoms with van der Waals surface area (Å²) in [5, 5.41) is 53.5. The number of aliphatic hydroxyl groups excluding tert-OH is 5. The van der Waals surface area contributed by atoms with Crippen LogP contribution in [0.3, 0.4) is 0 Å². The van der Waals surface area contributed by atoms with Crippen molar-refractivity contribution in [2.45, 2.75) is 137 Å². The molecule has 322 valence electrons. The number of carbonyl (C=O) groups excluding carboxylic acids is 2. The van der Waals surface area contributed by atoms with Crippen LogP contribution in [0.2, 0.25) is 0 Å². The Kier molecular flexibility index (Phi) is 30.2. The molecule has 1 heterocycles. The minimum Gasteiger partial charge on any atom is -0.511 e. The van der Waals surface area contributed by atoms with E-state index in [1.165, 1.54) is 6.92 Å². The Bertz CT molecular complexity index is 1410. The van der Waals surface area contributed by atoms with Gasteiger partial charge in [-0.25, -0.2) is 0 Å². The van der Waals surface area contributed by atoms with E-state index in [1.54, 1.807) is 32.1 Å². The number of unbranched alkanes of at least 4 members (excludes halogenated alkanes) is 2. The molecule has 0 aromatic carbocycles. The van der Waals surface area contributed by atoms with Crippen molar-refractivity contribution in [2.24, 2.45) is 23.5 Å². The van der Waals surface area contributed by atoms with Gasteiger partial charge in [0, 0.05) is 17.9 Å². The second-order valence-corrected chi connectivity index (χ2v) is 14.5. The van der Waals surface area contributed by atoms with Gasteiger partial charge in [-0.1, -0.05) is 113 Å². The van der Waals surface area contributed by atoms with Gasteiger partial charge in [-0.05, 0) is 90.2 Å². The van der Waals surface area contributed by atoms with Gasteiger partial charge >= 0.3 is 0 Å². The number of amides is 1. The highest BCUT2D eigenvalue weighted by atomic mass is 16.7. The van der Waals surface area contributed by atoms with Crippen molar-refractivity contribution in [2.75, 3.05) is 13.2 Å². The quantitative estimate of drug-likeness (QED) is 0.0132. The Hall–Kier alpha value is -3.68. The van der Waals surface area contributed by atoms with Crippen molar-refractivity contribution in [3.8, 4) is 0 Å². The lowest BCUT2D eigenvalue weighted by atomic mass is 9.92. The van der Waals surface area contributed by atoms with Crippen LogP contribution in [0, 0.1) is 17.8 Å². The Labute approximate surface area is 342 Å². The molecule has 0 aromatic heterocycles. The van der Waals surface area contributed by atoms with Crippen molar-refractivity contribution in [1.82, 2.24) is 5.32 Å². The number of hydrogen-bond acceptors (Lipinski definition) is 10. The van der Waals surface area contributed by atoms with Gasteiger partial charge in [-0.3, -0.25) is 4.79 Å². The summed E-state index contributed by atoms with van der Waals surface area (Å²) in [5.74, 6) is 0.461. The first kappa shape index (κ1) is 53.3.